The summed E-state index contributed by atoms with van der Waals surface area (Å²) in [6.07, 6.45) is 2.83. The Bertz CT molecular complexity index is 247. The quantitative estimate of drug-likeness (QED) is 0.667. The van der Waals surface area contributed by atoms with Gasteiger partial charge in [0.25, 0.3) is 0 Å². The number of oxazole rings is 1. The molecule has 1 aromatic heterocycles. The molecule has 0 aromatic carbocycles. The van der Waals surface area contributed by atoms with E-state index in [1.54, 1.807) is 7.11 Å². The minimum Gasteiger partial charge on any atom is -0.432 e. The summed E-state index contributed by atoms with van der Waals surface area (Å²) in [4.78, 5) is 14.7. The second-order valence-electron chi connectivity index (χ2n) is 2.21. The summed E-state index contributed by atoms with van der Waals surface area (Å²) < 4.78 is 9.54. The van der Waals surface area contributed by atoms with Crippen molar-refractivity contribution >= 4 is 12.0 Å². The lowest BCUT2D eigenvalue weighted by atomic mass is 10.7. The molecule has 2 N–H and O–H groups in total. The second kappa shape index (κ2) is 5.15. The molecule has 0 radical (unpaired) electrons. The predicted octanol–water partition coefficient (Wildman–Crippen LogP) is 0.442. The molecule has 2 amide bonds. The average molecular weight is 185 g/mol. The SMILES string of the molecule is COCCNC(=O)Nc1ncco1. The maximum absolute atomic E-state index is 11.0. The highest BCUT2D eigenvalue weighted by molar-refractivity contribution is 5.86. The van der Waals surface area contributed by atoms with Crippen LogP contribution in [0.25, 0.3) is 0 Å². The molecule has 0 aliphatic rings. The lowest BCUT2D eigenvalue weighted by molar-refractivity contribution is 0.198. The Kier molecular flexibility index (Phi) is 3.77. The largest absolute Gasteiger partial charge is 0.432 e. The molecule has 0 atom stereocenters. The van der Waals surface area contributed by atoms with E-state index in [1.165, 1.54) is 12.5 Å². The first-order valence-corrected chi connectivity index (χ1v) is 3.76. The van der Waals surface area contributed by atoms with Crippen LogP contribution in [0.2, 0.25) is 0 Å². The zero-order chi connectivity index (χ0) is 9.52. The zero-order valence-electron chi connectivity index (χ0n) is 7.24. The standard InChI is InChI=1S/C7H11N3O3/c1-12-4-2-8-6(11)10-7-9-3-5-13-7/h3,5H,2,4H2,1H3,(H2,8,9,10,11). The van der Waals surface area contributed by atoms with E-state index in [4.69, 9.17) is 9.15 Å². The van der Waals surface area contributed by atoms with Crippen molar-refractivity contribution in [2.45, 2.75) is 0 Å². The van der Waals surface area contributed by atoms with Gasteiger partial charge in [-0.05, 0) is 0 Å². The fourth-order valence-corrected chi connectivity index (χ4v) is 0.693. The number of methoxy groups -OCH3 is 1. The van der Waals surface area contributed by atoms with E-state index in [9.17, 15) is 4.79 Å². The number of nitrogens with zero attached hydrogens (tertiary/aromatic N) is 1. The van der Waals surface area contributed by atoms with Gasteiger partial charge >= 0.3 is 12.0 Å². The Balaban J connectivity index is 2.18. The molecule has 0 unspecified atom stereocenters. The van der Waals surface area contributed by atoms with Crippen molar-refractivity contribution in [2.24, 2.45) is 0 Å². The van der Waals surface area contributed by atoms with Crippen molar-refractivity contribution in [2.75, 3.05) is 25.6 Å². The summed E-state index contributed by atoms with van der Waals surface area (Å²) >= 11 is 0. The van der Waals surface area contributed by atoms with E-state index in [1.807, 2.05) is 0 Å². The fraction of sp³-hybridized carbons (Fsp3) is 0.429. The first-order chi connectivity index (χ1) is 6.33. The number of hydrogen-bond acceptors (Lipinski definition) is 4. The van der Waals surface area contributed by atoms with E-state index in [0.717, 1.165) is 0 Å². The van der Waals surface area contributed by atoms with Crippen LogP contribution in [0.3, 0.4) is 0 Å². The number of ether oxygens (including phenoxy) is 1. The van der Waals surface area contributed by atoms with Crippen LogP contribution in [-0.4, -0.2) is 31.3 Å². The molecule has 0 aliphatic heterocycles. The number of hydrogen-bond donors (Lipinski definition) is 2. The van der Waals surface area contributed by atoms with Crippen molar-refractivity contribution in [1.29, 1.82) is 0 Å². The topological polar surface area (TPSA) is 76.4 Å². The van der Waals surface area contributed by atoms with Crippen LogP contribution in [0.4, 0.5) is 10.8 Å². The van der Waals surface area contributed by atoms with Crippen molar-refractivity contribution in [3.63, 3.8) is 0 Å². The zero-order valence-corrected chi connectivity index (χ0v) is 7.24. The van der Waals surface area contributed by atoms with Gasteiger partial charge < -0.3 is 14.5 Å². The van der Waals surface area contributed by atoms with Gasteiger partial charge in [-0.3, -0.25) is 5.32 Å². The fourth-order valence-electron chi connectivity index (χ4n) is 0.693. The highest BCUT2D eigenvalue weighted by Gasteiger charge is 2.02. The lowest BCUT2D eigenvalue weighted by Gasteiger charge is -2.02. The van der Waals surface area contributed by atoms with Gasteiger partial charge in [0.1, 0.15) is 6.26 Å². The van der Waals surface area contributed by atoms with Crippen LogP contribution in [0.5, 0.6) is 0 Å². The predicted molar refractivity (Wildman–Crippen MR) is 45.4 cm³/mol. The van der Waals surface area contributed by atoms with Gasteiger partial charge in [-0.1, -0.05) is 0 Å². The Hall–Kier alpha value is -1.56. The van der Waals surface area contributed by atoms with E-state index in [0.29, 0.717) is 13.2 Å². The highest BCUT2D eigenvalue weighted by Crippen LogP contribution is 1.99. The molecule has 0 fully saturated rings. The minimum atomic E-state index is -0.362. The van der Waals surface area contributed by atoms with Crippen LogP contribution in [-0.2, 0) is 4.74 Å². The summed E-state index contributed by atoms with van der Waals surface area (Å²) in [6, 6.07) is -0.186. The number of carbonyl (C=O) groups excluding carboxylic acids is 1. The van der Waals surface area contributed by atoms with E-state index < -0.39 is 0 Å². The molecule has 0 bridgehead atoms. The number of rotatable bonds is 4. The number of nitrogens with one attached hydrogen (secondary N) is 2. The molecule has 0 saturated carbocycles. The Labute approximate surface area is 75.3 Å². The van der Waals surface area contributed by atoms with Crippen molar-refractivity contribution in [3.05, 3.63) is 12.5 Å². The first-order valence-electron chi connectivity index (χ1n) is 3.76. The van der Waals surface area contributed by atoms with Crippen molar-refractivity contribution in [1.82, 2.24) is 10.3 Å². The molecule has 1 aromatic rings. The second-order valence-corrected chi connectivity index (χ2v) is 2.21. The van der Waals surface area contributed by atoms with Crippen LogP contribution >= 0.6 is 0 Å². The summed E-state index contributed by atoms with van der Waals surface area (Å²) in [5.41, 5.74) is 0. The molecular weight excluding hydrogens is 174 g/mol. The molecule has 0 spiro atoms. The highest BCUT2D eigenvalue weighted by atomic mass is 16.5. The Morgan fingerprint density at radius 2 is 2.62 bits per heavy atom. The summed E-state index contributed by atoms with van der Waals surface area (Å²) in [7, 11) is 1.56. The minimum absolute atomic E-state index is 0.176. The van der Waals surface area contributed by atoms with Crippen LogP contribution in [0, 0.1) is 0 Å². The third-order valence-corrected chi connectivity index (χ3v) is 1.24. The van der Waals surface area contributed by atoms with E-state index in [-0.39, 0.29) is 12.0 Å². The van der Waals surface area contributed by atoms with E-state index >= 15 is 0 Å². The van der Waals surface area contributed by atoms with Crippen LogP contribution in [0.1, 0.15) is 0 Å². The summed E-state index contributed by atoms with van der Waals surface area (Å²) in [5, 5.41) is 4.94. The maximum Gasteiger partial charge on any atom is 0.322 e. The summed E-state index contributed by atoms with van der Waals surface area (Å²) in [6.45, 7) is 0.919. The average Bonchev–Trinajstić information content (AvgIpc) is 2.57. The number of urea groups is 1. The van der Waals surface area contributed by atoms with Gasteiger partial charge in [-0.25, -0.2) is 9.78 Å². The van der Waals surface area contributed by atoms with Gasteiger partial charge in [-0.15, -0.1) is 0 Å². The maximum atomic E-state index is 11.0. The van der Waals surface area contributed by atoms with E-state index in [2.05, 4.69) is 15.6 Å². The molecule has 1 heterocycles. The molecule has 0 saturated heterocycles. The third kappa shape index (κ3) is 3.57. The van der Waals surface area contributed by atoms with Crippen molar-refractivity contribution < 1.29 is 13.9 Å². The molecular formula is C7H11N3O3. The number of amides is 2. The van der Waals surface area contributed by atoms with Gasteiger partial charge in [0.2, 0.25) is 0 Å². The molecule has 13 heavy (non-hydrogen) atoms. The molecule has 0 aliphatic carbocycles. The number of aromatic nitrogens is 1. The van der Waals surface area contributed by atoms with Gasteiger partial charge in [0, 0.05) is 13.7 Å². The van der Waals surface area contributed by atoms with Gasteiger partial charge in [0.05, 0.1) is 12.8 Å². The Morgan fingerprint density at radius 1 is 1.77 bits per heavy atom. The number of carbonyl (C=O) groups is 1. The molecule has 6 nitrogen and oxygen atoms in total. The van der Waals surface area contributed by atoms with Crippen molar-refractivity contribution in [3.8, 4) is 0 Å². The summed E-state index contributed by atoms with van der Waals surface area (Å²) in [5.74, 6) is 0. The Morgan fingerprint density at radius 3 is 3.23 bits per heavy atom. The van der Waals surface area contributed by atoms with Gasteiger partial charge in [-0.2, -0.15) is 0 Å². The third-order valence-electron chi connectivity index (χ3n) is 1.24. The number of anilines is 1. The smallest absolute Gasteiger partial charge is 0.322 e. The molecule has 72 valence electrons. The molecule has 6 heteroatoms. The van der Waals surface area contributed by atoms with Gasteiger partial charge in [0.15, 0.2) is 0 Å². The normalized spacial score (nSPS) is 9.62. The molecule has 1 rings (SSSR count). The lowest BCUT2D eigenvalue weighted by Crippen LogP contribution is -2.31. The van der Waals surface area contributed by atoms with Crippen LogP contribution < -0.4 is 10.6 Å². The monoisotopic (exact) mass is 185 g/mol. The first kappa shape index (κ1) is 9.53. The van der Waals surface area contributed by atoms with Crippen LogP contribution in [0.15, 0.2) is 16.9 Å².